The molecule has 1 aromatic rings. The average molecular weight is 348 g/mol. The molecule has 0 saturated carbocycles. The van der Waals surface area contributed by atoms with Crippen molar-refractivity contribution in [2.45, 2.75) is 37.7 Å². The Labute approximate surface area is 122 Å². The Morgan fingerprint density at radius 3 is 2.74 bits per heavy atom. The minimum atomic E-state index is -3.48. The molecule has 19 heavy (non-hydrogen) atoms. The molecule has 1 aliphatic rings. The van der Waals surface area contributed by atoms with Gasteiger partial charge in [0, 0.05) is 17.6 Å². The summed E-state index contributed by atoms with van der Waals surface area (Å²) in [5, 5.41) is 0. The second kappa shape index (κ2) is 5.91. The Morgan fingerprint density at radius 1 is 1.37 bits per heavy atom. The summed E-state index contributed by atoms with van der Waals surface area (Å²) in [6, 6.07) is 3.52. The van der Waals surface area contributed by atoms with Gasteiger partial charge in [-0.15, -0.1) is 0 Å². The molecule has 1 aliphatic heterocycles. The van der Waals surface area contributed by atoms with Crippen molar-refractivity contribution in [2.75, 3.05) is 13.2 Å². The molecular formula is C13H18BrNO3S. The van der Waals surface area contributed by atoms with Gasteiger partial charge in [-0.2, -0.15) is 0 Å². The molecule has 1 fully saturated rings. The SMILES string of the molecule is Cc1cc(C)c(S(=O)(=O)NC[C@H]2CCCO2)cc1Br. The lowest BCUT2D eigenvalue weighted by Gasteiger charge is -2.14. The molecular weight excluding hydrogens is 330 g/mol. The van der Waals surface area contributed by atoms with Crippen LogP contribution in [-0.4, -0.2) is 27.7 Å². The molecule has 1 atom stereocenters. The third kappa shape index (κ3) is 3.56. The van der Waals surface area contributed by atoms with Crippen molar-refractivity contribution < 1.29 is 13.2 Å². The maximum Gasteiger partial charge on any atom is 0.240 e. The van der Waals surface area contributed by atoms with E-state index in [1.54, 1.807) is 13.0 Å². The van der Waals surface area contributed by atoms with Crippen LogP contribution in [0.4, 0.5) is 0 Å². The van der Waals surface area contributed by atoms with Crippen molar-refractivity contribution in [1.82, 2.24) is 4.72 Å². The van der Waals surface area contributed by atoms with Gasteiger partial charge in [-0.05, 0) is 43.9 Å². The molecule has 106 valence electrons. The number of ether oxygens (including phenoxy) is 1. The Bertz CT molecular complexity index is 565. The quantitative estimate of drug-likeness (QED) is 0.910. The summed E-state index contributed by atoms with van der Waals surface area (Å²) < 4.78 is 33.4. The number of hydrogen-bond acceptors (Lipinski definition) is 3. The first-order valence-electron chi connectivity index (χ1n) is 6.28. The highest BCUT2D eigenvalue weighted by Crippen LogP contribution is 2.24. The zero-order chi connectivity index (χ0) is 14.0. The number of sulfonamides is 1. The second-order valence-corrected chi connectivity index (χ2v) is 7.44. The molecule has 6 heteroatoms. The highest BCUT2D eigenvalue weighted by Gasteiger charge is 2.22. The van der Waals surface area contributed by atoms with Crippen LogP contribution in [-0.2, 0) is 14.8 Å². The van der Waals surface area contributed by atoms with Gasteiger partial charge in [0.1, 0.15) is 0 Å². The van der Waals surface area contributed by atoms with Crippen LogP contribution in [0.15, 0.2) is 21.5 Å². The molecule has 0 spiro atoms. The lowest BCUT2D eigenvalue weighted by molar-refractivity contribution is 0.114. The Morgan fingerprint density at radius 2 is 2.11 bits per heavy atom. The molecule has 0 aromatic heterocycles. The molecule has 0 radical (unpaired) electrons. The number of nitrogens with one attached hydrogen (secondary N) is 1. The first-order chi connectivity index (χ1) is 8.90. The van der Waals surface area contributed by atoms with Crippen LogP contribution in [0.1, 0.15) is 24.0 Å². The van der Waals surface area contributed by atoms with E-state index >= 15 is 0 Å². The van der Waals surface area contributed by atoms with Gasteiger partial charge < -0.3 is 4.74 Å². The second-order valence-electron chi connectivity index (χ2n) is 4.85. The number of hydrogen-bond donors (Lipinski definition) is 1. The van der Waals surface area contributed by atoms with Gasteiger partial charge in [0.05, 0.1) is 11.0 Å². The van der Waals surface area contributed by atoms with E-state index in [-0.39, 0.29) is 6.10 Å². The van der Waals surface area contributed by atoms with E-state index in [2.05, 4.69) is 20.7 Å². The first-order valence-corrected chi connectivity index (χ1v) is 8.56. The first kappa shape index (κ1) is 15.0. The van der Waals surface area contributed by atoms with Gasteiger partial charge in [-0.25, -0.2) is 13.1 Å². The summed E-state index contributed by atoms with van der Waals surface area (Å²) in [5.41, 5.74) is 1.77. The van der Waals surface area contributed by atoms with Crippen LogP contribution in [0.25, 0.3) is 0 Å². The fourth-order valence-corrected chi connectivity index (χ4v) is 3.99. The molecule has 4 nitrogen and oxygen atoms in total. The molecule has 1 saturated heterocycles. The molecule has 1 heterocycles. The smallest absolute Gasteiger partial charge is 0.240 e. The van der Waals surface area contributed by atoms with Crippen LogP contribution >= 0.6 is 15.9 Å². The number of aryl methyl sites for hydroxylation is 2. The van der Waals surface area contributed by atoms with Crippen LogP contribution in [0.2, 0.25) is 0 Å². The molecule has 2 rings (SSSR count). The average Bonchev–Trinajstić information content (AvgIpc) is 2.84. The monoisotopic (exact) mass is 347 g/mol. The zero-order valence-corrected chi connectivity index (χ0v) is 13.5. The molecule has 0 bridgehead atoms. The van der Waals surface area contributed by atoms with Crippen LogP contribution in [0.5, 0.6) is 0 Å². The summed E-state index contributed by atoms with van der Waals surface area (Å²) >= 11 is 3.37. The van der Waals surface area contributed by atoms with Crippen molar-refractivity contribution in [3.05, 3.63) is 27.7 Å². The van der Waals surface area contributed by atoms with Gasteiger partial charge >= 0.3 is 0 Å². The summed E-state index contributed by atoms with van der Waals surface area (Å²) in [6.45, 7) is 4.81. The third-order valence-corrected chi connectivity index (χ3v) is 5.69. The van der Waals surface area contributed by atoms with Gasteiger partial charge in [0.15, 0.2) is 0 Å². The Balaban J connectivity index is 2.16. The lowest BCUT2D eigenvalue weighted by Crippen LogP contribution is -2.32. The van der Waals surface area contributed by atoms with Crippen LogP contribution in [0, 0.1) is 13.8 Å². The fourth-order valence-electron chi connectivity index (χ4n) is 2.18. The normalized spacial score (nSPS) is 19.8. The maximum atomic E-state index is 12.3. The summed E-state index contributed by atoms with van der Waals surface area (Å²) in [4.78, 5) is 0.322. The Kier molecular flexibility index (Phi) is 4.66. The van der Waals surface area contributed by atoms with Crippen molar-refractivity contribution in [2.24, 2.45) is 0 Å². The van der Waals surface area contributed by atoms with Crippen LogP contribution in [0.3, 0.4) is 0 Å². The Hall–Kier alpha value is -0.430. The molecule has 0 unspecified atom stereocenters. The predicted octanol–water partition coefficient (Wildman–Crippen LogP) is 2.52. The third-order valence-electron chi connectivity index (χ3n) is 3.27. The van der Waals surface area contributed by atoms with Gasteiger partial charge in [0.2, 0.25) is 10.0 Å². The van der Waals surface area contributed by atoms with E-state index in [1.807, 2.05) is 13.0 Å². The zero-order valence-electron chi connectivity index (χ0n) is 11.1. The van der Waals surface area contributed by atoms with Crippen molar-refractivity contribution in [3.8, 4) is 0 Å². The summed E-state index contributed by atoms with van der Waals surface area (Å²) in [5.74, 6) is 0. The van der Waals surface area contributed by atoms with E-state index in [0.29, 0.717) is 11.4 Å². The summed E-state index contributed by atoms with van der Waals surface area (Å²) in [6.07, 6.45) is 1.92. The minimum absolute atomic E-state index is 0.00368. The van der Waals surface area contributed by atoms with E-state index in [4.69, 9.17) is 4.74 Å². The van der Waals surface area contributed by atoms with Crippen molar-refractivity contribution in [1.29, 1.82) is 0 Å². The highest BCUT2D eigenvalue weighted by atomic mass is 79.9. The predicted molar refractivity (Wildman–Crippen MR) is 77.8 cm³/mol. The standard InChI is InChI=1S/C13H18BrNO3S/c1-9-6-10(2)13(7-12(9)14)19(16,17)15-8-11-4-3-5-18-11/h6-7,11,15H,3-5,8H2,1-2H3/t11-/m1/s1. The van der Waals surface area contributed by atoms with Gasteiger partial charge in [0.25, 0.3) is 0 Å². The number of rotatable bonds is 4. The lowest BCUT2D eigenvalue weighted by atomic mass is 10.2. The number of halogens is 1. The molecule has 1 aromatic carbocycles. The molecule has 0 aliphatic carbocycles. The summed E-state index contributed by atoms with van der Waals surface area (Å²) in [7, 11) is -3.48. The highest BCUT2D eigenvalue weighted by molar-refractivity contribution is 9.10. The van der Waals surface area contributed by atoms with E-state index in [0.717, 1.165) is 35.0 Å². The molecule has 0 amide bonds. The van der Waals surface area contributed by atoms with E-state index < -0.39 is 10.0 Å². The number of benzene rings is 1. The fraction of sp³-hybridized carbons (Fsp3) is 0.538. The largest absolute Gasteiger partial charge is 0.377 e. The van der Waals surface area contributed by atoms with Crippen molar-refractivity contribution in [3.63, 3.8) is 0 Å². The maximum absolute atomic E-state index is 12.3. The van der Waals surface area contributed by atoms with Gasteiger partial charge in [-0.3, -0.25) is 0 Å². The minimum Gasteiger partial charge on any atom is -0.377 e. The van der Waals surface area contributed by atoms with E-state index in [9.17, 15) is 8.42 Å². The molecule has 1 N–H and O–H groups in total. The van der Waals surface area contributed by atoms with Gasteiger partial charge in [-0.1, -0.05) is 22.0 Å². The topological polar surface area (TPSA) is 55.4 Å². The van der Waals surface area contributed by atoms with Crippen LogP contribution < -0.4 is 4.72 Å². The van der Waals surface area contributed by atoms with E-state index in [1.165, 1.54) is 0 Å². The van der Waals surface area contributed by atoms with Crippen molar-refractivity contribution >= 4 is 26.0 Å².